The van der Waals surface area contributed by atoms with Gasteiger partial charge in [-0.15, -0.1) is 0 Å². The average Bonchev–Trinajstić information content (AvgIpc) is 1.99. The summed E-state index contributed by atoms with van der Waals surface area (Å²) in [6.45, 7) is 5.34. The lowest BCUT2D eigenvalue weighted by molar-refractivity contribution is 0.0912. The Morgan fingerprint density at radius 3 is 2.47 bits per heavy atom. The molecule has 1 aromatic carbocycles. The number of nitrogens with one attached hydrogen (secondary N) is 1. The van der Waals surface area contributed by atoms with E-state index in [9.17, 15) is 14.3 Å². The van der Waals surface area contributed by atoms with Crippen LogP contribution in [0.15, 0.2) is 18.2 Å². The molecule has 0 unspecified atom stereocenters. The van der Waals surface area contributed by atoms with Gasteiger partial charge in [0.15, 0.2) is 0 Å². The molecule has 0 aliphatic carbocycles. The third-order valence-corrected chi connectivity index (χ3v) is 1.71. The van der Waals surface area contributed by atoms with Gasteiger partial charge in [0.05, 0.1) is 0 Å². The van der Waals surface area contributed by atoms with E-state index in [0.717, 1.165) is 6.07 Å². The SMILES string of the molecule is CC(C)(C)NC(=O)c1c(O)cccc1F. The first kappa shape index (κ1) is 11.5. The lowest BCUT2D eigenvalue weighted by atomic mass is 10.1. The second kappa shape index (κ2) is 3.88. The summed E-state index contributed by atoms with van der Waals surface area (Å²) in [5.41, 5.74) is -0.779. The summed E-state index contributed by atoms with van der Waals surface area (Å²) in [4.78, 5) is 11.6. The molecule has 0 aliphatic heterocycles. The molecule has 0 fully saturated rings. The van der Waals surface area contributed by atoms with E-state index in [1.165, 1.54) is 12.1 Å². The molecule has 1 aromatic rings. The van der Waals surface area contributed by atoms with E-state index in [1.54, 1.807) is 20.8 Å². The maximum absolute atomic E-state index is 13.3. The fraction of sp³-hybridized carbons (Fsp3) is 0.364. The Labute approximate surface area is 87.9 Å². The van der Waals surface area contributed by atoms with Crippen LogP contribution in [0.2, 0.25) is 0 Å². The highest BCUT2D eigenvalue weighted by Crippen LogP contribution is 2.20. The molecule has 2 N–H and O–H groups in total. The summed E-state index contributed by atoms with van der Waals surface area (Å²) >= 11 is 0. The number of aromatic hydroxyl groups is 1. The lowest BCUT2D eigenvalue weighted by Gasteiger charge is -2.20. The van der Waals surface area contributed by atoms with Gasteiger partial charge in [0.2, 0.25) is 0 Å². The van der Waals surface area contributed by atoms with Gasteiger partial charge in [-0.1, -0.05) is 6.07 Å². The second-order valence-electron chi connectivity index (χ2n) is 4.34. The zero-order valence-corrected chi connectivity index (χ0v) is 8.97. The molecule has 0 spiro atoms. The number of phenols is 1. The monoisotopic (exact) mass is 211 g/mol. The molecule has 0 radical (unpaired) electrons. The Morgan fingerprint density at radius 2 is 2.00 bits per heavy atom. The zero-order valence-electron chi connectivity index (χ0n) is 8.97. The van der Waals surface area contributed by atoms with Crippen molar-refractivity contribution in [1.29, 1.82) is 0 Å². The van der Waals surface area contributed by atoms with Gasteiger partial charge in [-0.3, -0.25) is 4.79 Å². The fourth-order valence-electron chi connectivity index (χ4n) is 1.14. The van der Waals surface area contributed by atoms with E-state index in [4.69, 9.17) is 0 Å². The van der Waals surface area contributed by atoms with Crippen LogP contribution >= 0.6 is 0 Å². The normalized spacial score (nSPS) is 11.2. The van der Waals surface area contributed by atoms with Crippen LogP contribution in [0.4, 0.5) is 4.39 Å². The first-order valence-corrected chi connectivity index (χ1v) is 4.61. The van der Waals surface area contributed by atoms with Gasteiger partial charge in [-0.25, -0.2) is 4.39 Å². The first-order chi connectivity index (χ1) is 6.81. The van der Waals surface area contributed by atoms with Crippen LogP contribution in [0.25, 0.3) is 0 Å². The van der Waals surface area contributed by atoms with Crippen LogP contribution < -0.4 is 5.32 Å². The smallest absolute Gasteiger partial charge is 0.258 e. The maximum Gasteiger partial charge on any atom is 0.258 e. The lowest BCUT2D eigenvalue weighted by Crippen LogP contribution is -2.40. The highest BCUT2D eigenvalue weighted by Gasteiger charge is 2.20. The Morgan fingerprint density at radius 1 is 1.40 bits per heavy atom. The van der Waals surface area contributed by atoms with E-state index >= 15 is 0 Å². The first-order valence-electron chi connectivity index (χ1n) is 4.61. The van der Waals surface area contributed by atoms with Crippen LogP contribution in [0.1, 0.15) is 31.1 Å². The number of rotatable bonds is 1. The van der Waals surface area contributed by atoms with Gasteiger partial charge in [-0.2, -0.15) is 0 Å². The Kier molecular flexibility index (Phi) is 2.98. The number of amides is 1. The predicted molar refractivity (Wildman–Crippen MR) is 55.3 cm³/mol. The standard InChI is InChI=1S/C11H14FNO2/c1-11(2,3)13-10(15)9-7(12)5-4-6-8(9)14/h4-6,14H,1-3H3,(H,13,15). The number of hydrogen-bond donors (Lipinski definition) is 2. The Hall–Kier alpha value is -1.58. The third-order valence-electron chi connectivity index (χ3n) is 1.71. The molecule has 0 aliphatic rings. The molecule has 82 valence electrons. The number of halogens is 1. The van der Waals surface area contributed by atoms with Crippen molar-refractivity contribution in [2.45, 2.75) is 26.3 Å². The Balaban J connectivity index is 3.02. The summed E-state index contributed by atoms with van der Waals surface area (Å²) in [5.74, 6) is -1.69. The number of carbonyl (C=O) groups excluding carboxylic acids is 1. The van der Waals surface area contributed by atoms with Crippen LogP contribution in [-0.4, -0.2) is 16.6 Å². The van der Waals surface area contributed by atoms with Gasteiger partial charge in [0.1, 0.15) is 17.1 Å². The van der Waals surface area contributed by atoms with Gasteiger partial charge >= 0.3 is 0 Å². The molecule has 0 heterocycles. The van der Waals surface area contributed by atoms with Crippen molar-refractivity contribution in [3.63, 3.8) is 0 Å². The van der Waals surface area contributed by atoms with Crippen molar-refractivity contribution in [1.82, 2.24) is 5.32 Å². The minimum absolute atomic E-state index is 0.313. The molecule has 1 rings (SSSR count). The van der Waals surface area contributed by atoms with E-state index in [-0.39, 0.29) is 11.3 Å². The minimum Gasteiger partial charge on any atom is -0.507 e. The van der Waals surface area contributed by atoms with Gasteiger partial charge < -0.3 is 10.4 Å². The molecule has 0 saturated carbocycles. The second-order valence-corrected chi connectivity index (χ2v) is 4.34. The highest BCUT2D eigenvalue weighted by atomic mass is 19.1. The van der Waals surface area contributed by atoms with Gasteiger partial charge in [-0.05, 0) is 32.9 Å². The topological polar surface area (TPSA) is 49.3 Å². The van der Waals surface area contributed by atoms with E-state index < -0.39 is 17.3 Å². The molecule has 3 nitrogen and oxygen atoms in total. The van der Waals surface area contributed by atoms with Crippen molar-refractivity contribution in [3.8, 4) is 5.75 Å². The van der Waals surface area contributed by atoms with Crippen molar-refractivity contribution < 1.29 is 14.3 Å². The number of hydrogen-bond acceptors (Lipinski definition) is 2. The molecule has 0 saturated heterocycles. The average molecular weight is 211 g/mol. The summed E-state index contributed by atoms with van der Waals surface area (Å²) in [5, 5.41) is 11.9. The molecule has 0 aromatic heterocycles. The van der Waals surface area contributed by atoms with E-state index in [2.05, 4.69) is 5.32 Å². The van der Waals surface area contributed by atoms with Crippen LogP contribution in [0.5, 0.6) is 5.75 Å². The predicted octanol–water partition coefficient (Wildman–Crippen LogP) is 2.06. The fourth-order valence-corrected chi connectivity index (χ4v) is 1.14. The number of carbonyl (C=O) groups is 1. The largest absolute Gasteiger partial charge is 0.507 e. The molecule has 1 amide bonds. The summed E-state index contributed by atoms with van der Waals surface area (Å²) in [6, 6.07) is 3.76. The molecular weight excluding hydrogens is 197 g/mol. The molecule has 15 heavy (non-hydrogen) atoms. The van der Waals surface area contributed by atoms with Crippen LogP contribution in [-0.2, 0) is 0 Å². The number of benzene rings is 1. The molecule has 4 heteroatoms. The molecule has 0 bridgehead atoms. The Bertz CT molecular complexity index is 362. The van der Waals surface area contributed by atoms with E-state index in [0.29, 0.717) is 0 Å². The number of phenolic OH excluding ortho intramolecular Hbond substituents is 1. The quantitative estimate of drug-likeness (QED) is 0.747. The minimum atomic E-state index is -0.725. The van der Waals surface area contributed by atoms with Crippen molar-refractivity contribution in [3.05, 3.63) is 29.6 Å². The summed E-state index contributed by atoms with van der Waals surface area (Å²) in [6.07, 6.45) is 0. The van der Waals surface area contributed by atoms with Gasteiger partial charge in [0.25, 0.3) is 5.91 Å². The maximum atomic E-state index is 13.3. The van der Waals surface area contributed by atoms with Gasteiger partial charge in [0, 0.05) is 5.54 Å². The van der Waals surface area contributed by atoms with Crippen molar-refractivity contribution in [2.24, 2.45) is 0 Å². The molecular formula is C11H14FNO2. The van der Waals surface area contributed by atoms with E-state index in [1.807, 2.05) is 0 Å². The summed E-state index contributed by atoms with van der Waals surface area (Å²) in [7, 11) is 0. The van der Waals surface area contributed by atoms with Crippen molar-refractivity contribution >= 4 is 5.91 Å². The third kappa shape index (κ3) is 2.94. The highest BCUT2D eigenvalue weighted by molar-refractivity contribution is 5.97. The van der Waals surface area contributed by atoms with Crippen molar-refractivity contribution in [2.75, 3.05) is 0 Å². The van der Waals surface area contributed by atoms with Crippen LogP contribution in [0.3, 0.4) is 0 Å². The summed E-state index contributed by atoms with van der Waals surface area (Å²) < 4.78 is 13.3. The zero-order chi connectivity index (χ0) is 11.6. The molecule has 0 atom stereocenters. The van der Waals surface area contributed by atoms with Crippen LogP contribution in [0, 0.1) is 5.82 Å².